The smallest absolute Gasteiger partial charge is 0.0922 e. The Bertz CT molecular complexity index is 445. The molecule has 20 heavy (non-hydrogen) atoms. The molecule has 2 rings (SSSR count). The number of β-amino-alcohol motifs (C(OH)–C–C–N with tert-alkyl or cyclic N) is 1. The van der Waals surface area contributed by atoms with E-state index < -0.39 is 0 Å². The van der Waals surface area contributed by atoms with Crippen LogP contribution < -0.4 is 0 Å². The zero-order valence-electron chi connectivity index (χ0n) is 13.6. The van der Waals surface area contributed by atoms with Crippen LogP contribution in [0.25, 0.3) is 0 Å². The number of likely N-dealkylation sites (tertiary alicyclic amines) is 1. The quantitative estimate of drug-likeness (QED) is 0.908. The Morgan fingerprint density at radius 2 is 1.75 bits per heavy atom. The van der Waals surface area contributed by atoms with E-state index in [9.17, 15) is 5.11 Å². The van der Waals surface area contributed by atoms with Crippen molar-refractivity contribution in [1.82, 2.24) is 4.90 Å². The first-order valence-corrected chi connectivity index (χ1v) is 7.88. The van der Waals surface area contributed by atoms with Gasteiger partial charge < -0.3 is 5.11 Å². The van der Waals surface area contributed by atoms with Gasteiger partial charge in [-0.05, 0) is 63.1 Å². The minimum Gasteiger partial charge on any atom is -0.387 e. The summed E-state index contributed by atoms with van der Waals surface area (Å²) in [5.74, 6) is 0.749. The first-order chi connectivity index (χ1) is 9.38. The Hall–Kier alpha value is -0.860. The molecule has 0 radical (unpaired) electrons. The van der Waals surface area contributed by atoms with Crippen molar-refractivity contribution in [3.05, 3.63) is 34.4 Å². The molecule has 0 aromatic heterocycles. The third-order valence-electron chi connectivity index (χ3n) is 4.73. The number of aliphatic hydroxyl groups is 1. The molecule has 1 N–H and O–H groups in total. The number of aryl methyl sites for hydroxylation is 3. The number of piperidine rings is 1. The molecule has 0 amide bonds. The van der Waals surface area contributed by atoms with E-state index in [1.54, 1.807) is 0 Å². The topological polar surface area (TPSA) is 23.5 Å². The molecule has 0 bridgehead atoms. The highest BCUT2D eigenvalue weighted by Crippen LogP contribution is 2.28. The second-order valence-corrected chi connectivity index (χ2v) is 6.81. The van der Waals surface area contributed by atoms with Gasteiger partial charge in [-0.3, -0.25) is 4.90 Å². The lowest BCUT2D eigenvalue weighted by molar-refractivity contribution is 0.0563. The van der Waals surface area contributed by atoms with Crippen molar-refractivity contribution >= 4 is 0 Å². The van der Waals surface area contributed by atoms with Crippen molar-refractivity contribution < 1.29 is 5.11 Å². The number of aliphatic hydroxyl groups excluding tert-OH is 1. The van der Waals surface area contributed by atoms with E-state index in [1.807, 2.05) is 0 Å². The van der Waals surface area contributed by atoms with Gasteiger partial charge >= 0.3 is 0 Å². The van der Waals surface area contributed by atoms with E-state index in [0.29, 0.717) is 6.04 Å². The Morgan fingerprint density at radius 3 is 2.35 bits per heavy atom. The Morgan fingerprint density at radius 1 is 1.15 bits per heavy atom. The highest BCUT2D eigenvalue weighted by atomic mass is 16.3. The fraction of sp³-hybridized carbons (Fsp3) is 0.667. The summed E-state index contributed by atoms with van der Waals surface area (Å²) in [6.07, 6.45) is 2.19. The largest absolute Gasteiger partial charge is 0.387 e. The molecule has 3 unspecified atom stereocenters. The summed E-state index contributed by atoms with van der Waals surface area (Å²) in [6, 6.07) is 4.94. The maximum atomic E-state index is 10.7. The highest BCUT2D eigenvalue weighted by molar-refractivity contribution is 5.39. The van der Waals surface area contributed by atoms with Crippen molar-refractivity contribution in [1.29, 1.82) is 0 Å². The first kappa shape index (κ1) is 15.5. The zero-order valence-corrected chi connectivity index (χ0v) is 13.6. The average Bonchev–Trinajstić information content (AvgIpc) is 2.32. The maximum Gasteiger partial charge on any atom is 0.0922 e. The Labute approximate surface area is 123 Å². The third-order valence-corrected chi connectivity index (χ3v) is 4.73. The van der Waals surface area contributed by atoms with Gasteiger partial charge in [-0.2, -0.15) is 0 Å². The van der Waals surface area contributed by atoms with Crippen LogP contribution in [0.1, 0.15) is 55.0 Å². The van der Waals surface area contributed by atoms with E-state index in [0.717, 1.165) is 24.6 Å². The molecule has 3 atom stereocenters. The molecule has 2 heteroatoms. The molecule has 1 aliphatic rings. The maximum absolute atomic E-state index is 10.7. The summed E-state index contributed by atoms with van der Waals surface area (Å²) in [6.45, 7) is 12.8. The van der Waals surface area contributed by atoms with Gasteiger partial charge in [-0.25, -0.2) is 0 Å². The molecule has 112 valence electrons. The Kier molecular flexibility index (Phi) is 4.87. The summed E-state index contributed by atoms with van der Waals surface area (Å²) in [5.41, 5.74) is 4.83. The summed E-state index contributed by atoms with van der Waals surface area (Å²) in [5, 5.41) is 10.7. The zero-order chi connectivity index (χ0) is 14.9. The average molecular weight is 275 g/mol. The molecule has 1 aromatic rings. The van der Waals surface area contributed by atoms with Crippen LogP contribution in [-0.4, -0.2) is 29.1 Å². The van der Waals surface area contributed by atoms with Gasteiger partial charge in [0.25, 0.3) is 0 Å². The molecule has 0 aliphatic carbocycles. The molecule has 0 saturated carbocycles. The molecule has 1 fully saturated rings. The third kappa shape index (κ3) is 3.42. The lowest BCUT2D eigenvalue weighted by Gasteiger charge is -2.38. The van der Waals surface area contributed by atoms with Crippen LogP contribution >= 0.6 is 0 Å². The molecule has 2 nitrogen and oxygen atoms in total. The van der Waals surface area contributed by atoms with Crippen LogP contribution in [0.4, 0.5) is 0 Å². The molecule has 0 spiro atoms. The normalized spacial score (nSPS) is 25.7. The molecule has 1 heterocycles. The fourth-order valence-corrected chi connectivity index (χ4v) is 3.66. The minimum absolute atomic E-state index is 0.372. The molecule has 1 aromatic carbocycles. The lowest BCUT2D eigenvalue weighted by atomic mass is 9.92. The van der Waals surface area contributed by atoms with Gasteiger partial charge in [-0.15, -0.1) is 0 Å². The minimum atomic E-state index is -0.372. The van der Waals surface area contributed by atoms with Gasteiger partial charge in [0.05, 0.1) is 6.10 Å². The van der Waals surface area contributed by atoms with Gasteiger partial charge in [0, 0.05) is 19.1 Å². The number of nitrogens with zero attached hydrogens (tertiary/aromatic N) is 1. The van der Waals surface area contributed by atoms with Crippen molar-refractivity contribution in [3.8, 4) is 0 Å². The van der Waals surface area contributed by atoms with Gasteiger partial charge in [0.1, 0.15) is 0 Å². The number of hydrogen-bond donors (Lipinski definition) is 1. The van der Waals surface area contributed by atoms with E-state index in [-0.39, 0.29) is 6.10 Å². The second-order valence-electron chi connectivity index (χ2n) is 6.81. The Balaban J connectivity index is 2.13. The first-order valence-electron chi connectivity index (χ1n) is 7.88. The van der Waals surface area contributed by atoms with Gasteiger partial charge in [0.15, 0.2) is 0 Å². The molecular formula is C18H29NO. The predicted octanol–water partition coefficient (Wildman–Crippen LogP) is 3.77. The van der Waals surface area contributed by atoms with Crippen LogP contribution in [0.3, 0.4) is 0 Å². The van der Waals surface area contributed by atoms with Crippen molar-refractivity contribution in [2.24, 2.45) is 5.92 Å². The summed E-state index contributed by atoms with van der Waals surface area (Å²) in [4.78, 5) is 2.46. The van der Waals surface area contributed by atoms with Crippen molar-refractivity contribution in [2.75, 3.05) is 13.1 Å². The van der Waals surface area contributed by atoms with Gasteiger partial charge in [-0.1, -0.05) is 24.6 Å². The number of hydrogen-bond acceptors (Lipinski definition) is 2. The summed E-state index contributed by atoms with van der Waals surface area (Å²) in [7, 11) is 0. The van der Waals surface area contributed by atoms with Crippen LogP contribution in [0, 0.1) is 26.7 Å². The second kappa shape index (κ2) is 6.28. The van der Waals surface area contributed by atoms with Crippen molar-refractivity contribution in [3.63, 3.8) is 0 Å². The number of benzene rings is 1. The summed E-state index contributed by atoms with van der Waals surface area (Å²) < 4.78 is 0. The van der Waals surface area contributed by atoms with Crippen LogP contribution in [0.15, 0.2) is 12.1 Å². The van der Waals surface area contributed by atoms with Crippen LogP contribution in [0.5, 0.6) is 0 Å². The molecule has 1 saturated heterocycles. The standard InChI is InChI=1S/C18H29NO/c1-12-6-7-16(5)19(10-12)11-17(20)18-14(3)8-13(2)9-15(18)4/h8-9,12,16-17,20H,6-7,10-11H2,1-5H3. The van der Waals surface area contributed by atoms with E-state index in [1.165, 1.54) is 29.5 Å². The van der Waals surface area contributed by atoms with Gasteiger partial charge in [0.2, 0.25) is 0 Å². The lowest BCUT2D eigenvalue weighted by Crippen LogP contribution is -2.43. The fourth-order valence-electron chi connectivity index (χ4n) is 3.66. The van der Waals surface area contributed by atoms with Crippen molar-refractivity contribution in [2.45, 2.75) is 59.6 Å². The summed E-state index contributed by atoms with van der Waals surface area (Å²) >= 11 is 0. The van der Waals surface area contributed by atoms with E-state index in [2.05, 4.69) is 51.7 Å². The van der Waals surface area contributed by atoms with Crippen LogP contribution in [-0.2, 0) is 0 Å². The monoisotopic (exact) mass is 275 g/mol. The highest BCUT2D eigenvalue weighted by Gasteiger charge is 2.26. The van der Waals surface area contributed by atoms with E-state index in [4.69, 9.17) is 0 Å². The number of rotatable bonds is 3. The molecular weight excluding hydrogens is 246 g/mol. The van der Waals surface area contributed by atoms with Crippen LogP contribution in [0.2, 0.25) is 0 Å². The predicted molar refractivity (Wildman–Crippen MR) is 85.0 cm³/mol. The molecule has 1 aliphatic heterocycles. The SMILES string of the molecule is Cc1cc(C)c(C(O)CN2CC(C)CCC2C)c(C)c1. The van der Waals surface area contributed by atoms with E-state index >= 15 is 0 Å².